The zero-order valence-corrected chi connectivity index (χ0v) is 19.1. The maximum Gasteiger partial charge on any atom is 0.335 e. The molecule has 6 nitrogen and oxygen atoms in total. The fourth-order valence-corrected chi connectivity index (χ4v) is 4.51. The molecule has 3 aromatic carbocycles. The Morgan fingerprint density at radius 1 is 0.906 bits per heavy atom. The van der Waals surface area contributed by atoms with Crippen molar-refractivity contribution in [3.8, 4) is 0 Å². The molecule has 0 spiro atoms. The van der Waals surface area contributed by atoms with Crippen LogP contribution >= 0.6 is 12.4 Å². The van der Waals surface area contributed by atoms with E-state index in [4.69, 9.17) is 5.11 Å². The predicted octanol–water partition coefficient (Wildman–Crippen LogP) is 3.89. The number of hydrogen-bond donors (Lipinski definition) is 3. The molecule has 0 bridgehead atoms. The molecule has 0 fully saturated rings. The second-order valence-electron chi connectivity index (χ2n) is 7.42. The molecular formula is C24H26ClNO5S. The Morgan fingerprint density at radius 2 is 1.44 bits per heavy atom. The zero-order valence-electron chi connectivity index (χ0n) is 17.5. The van der Waals surface area contributed by atoms with Crippen LogP contribution in [-0.2, 0) is 16.3 Å². The van der Waals surface area contributed by atoms with Crippen molar-refractivity contribution in [1.29, 1.82) is 0 Å². The summed E-state index contributed by atoms with van der Waals surface area (Å²) >= 11 is 0. The van der Waals surface area contributed by atoms with Crippen molar-refractivity contribution < 1.29 is 23.4 Å². The van der Waals surface area contributed by atoms with Crippen LogP contribution in [0.5, 0.6) is 0 Å². The van der Waals surface area contributed by atoms with Gasteiger partial charge in [0.25, 0.3) is 0 Å². The monoisotopic (exact) mass is 475 g/mol. The van der Waals surface area contributed by atoms with Gasteiger partial charge in [0.05, 0.1) is 21.5 Å². The first-order valence-electron chi connectivity index (χ1n) is 9.91. The lowest BCUT2D eigenvalue weighted by molar-refractivity contribution is 0.0696. The molecule has 32 heavy (non-hydrogen) atoms. The van der Waals surface area contributed by atoms with Crippen molar-refractivity contribution in [1.82, 2.24) is 5.32 Å². The van der Waals surface area contributed by atoms with E-state index in [-0.39, 0.29) is 33.8 Å². The molecule has 0 saturated carbocycles. The summed E-state index contributed by atoms with van der Waals surface area (Å²) in [5.74, 6) is -1.10. The maximum atomic E-state index is 12.8. The Kier molecular flexibility index (Phi) is 8.98. The topological polar surface area (TPSA) is 104 Å². The quantitative estimate of drug-likeness (QED) is 0.433. The fourth-order valence-electron chi connectivity index (χ4n) is 3.25. The summed E-state index contributed by atoms with van der Waals surface area (Å²) in [6.45, 7) is 2.43. The minimum atomic E-state index is -3.72. The van der Waals surface area contributed by atoms with E-state index in [0.717, 1.165) is 11.1 Å². The molecular weight excluding hydrogens is 450 g/mol. The van der Waals surface area contributed by atoms with Gasteiger partial charge in [-0.2, -0.15) is 0 Å². The Labute approximate surface area is 194 Å². The van der Waals surface area contributed by atoms with Crippen LogP contribution in [0.2, 0.25) is 0 Å². The van der Waals surface area contributed by atoms with Crippen LogP contribution in [0.1, 0.15) is 34.5 Å². The largest absolute Gasteiger partial charge is 0.478 e. The van der Waals surface area contributed by atoms with Gasteiger partial charge in [0.15, 0.2) is 0 Å². The highest BCUT2D eigenvalue weighted by Crippen LogP contribution is 2.22. The highest BCUT2D eigenvalue weighted by Gasteiger charge is 2.18. The lowest BCUT2D eigenvalue weighted by atomic mass is 10.1. The summed E-state index contributed by atoms with van der Waals surface area (Å²) in [6.07, 6.45) is 0.0819. The van der Waals surface area contributed by atoms with Gasteiger partial charge in [-0.3, -0.25) is 0 Å². The first-order valence-corrected chi connectivity index (χ1v) is 11.4. The standard InChI is InChI=1S/C24H25NO5S.ClH/c1-17(25-16-23(26)19-5-3-2-4-6-19)15-18-7-11-21(12-8-18)31(29,30)22-13-9-20(10-14-22)24(27)28;/h2-14,17,23,25-26H,15-16H2,1H3,(H,27,28);1H/t17-,23-;/m1./s1. The van der Waals surface area contributed by atoms with Crippen LogP contribution in [0.25, 0.3) is 0 Å². The normalized spacial score (nSPS) is 13.1. The molecule has 0 unspecified atom stereocenters. The smallest absolute Gasteiger partial charge is 0.335 e. The van der Waals surface area contributed by atoms with Gasteiger partial charge in [-0.05, 0) is 60.9 Å². The molecule has 8 heteroatoms. The van der Waals surface area contributed by atoms with Gasteiger partial charge in [0.1, 0.15) is 0 Å². The molecule has 0 aliphatic carbocycles. The number of aliphatic hydroxyl groups is 1. The van der Waals surface area contributed by atoms with E-state index in [9.17, 15) is 18.3 Å². The lowest BCUT2D eigenvalue weighted by Crippen LogP contribution is -2.32. The van der Waals surface area contributed by atoms with Crippen LogP contribution in [0, 0.1) is 0 Å². The third-order valence-electron chi connectivity index (χ3n) is 5.03. The number of carboxylic acids is 1. The predicted molar refractivity (Wildman–Crippen MR) is 125 cm³/mol. The van der Waals surface area contributed by atoms with Gasteiger partial charge >= 0.3 is 5.97 Å². The van der Waals surface area contributed by atoms with Crippen LogP contribution in [0.15, 0.2) is 88.7 Å². The average Bonchev–Trinajstić information content (AvgIpc) is 2.78. The van der Waals surface area contributed by atoms with Crippen molar-refractivity contribution in [3.63, 3.8) is 0 Å². The van der Waals surface area contributed by atoms with Crippen molar-refractivity contribution in [2.75, 3.05) is 6.54 Å². The van der Waals surface area contributed by atoms with Crippen LogP contribution in [-0.4, -0.2) is 37.2 Å². The molecule has 0 heterocycles. The van der Waals surface area contributed by atoms with Gasteiger partial charge in [-0.25, -0.2) is 13.2 Å². The van der Waals surface area contributed by atoms with E-state index in [2.05, 4.69) is 5.32 Å². The molecule has 0 aliphatic rings. The minimum absolute atomic E-state index is 0. The third kappa shape index (κ3) is 6.40. The molecule has 3 N–H and O–H groups in total. The van der Waals surface area contributed by atoms with Gasteiger partial charge in [-0.1, -0.05) is 42.5 Å². The first-order chi connectivity index (χ1) is 14.8. The van der Waals surface area contributed by atoms with Gasteiger partial charge < -0.3 is 15.5 Å². The summed E-state index contributed by atoms with van der Waals surface area (Å²) in [7, 11) is -3.72. The van der Waals surface area contributed by atoms with E-state index in [1.54, 1.807) is 24.3 Å². The lowest BCUT2D eigenvalue weighted by Gasteiger charge is -2.17. The average molecular weight is 476 g/mol. The number of sulfone groups is 1. The van der Waals surface area contributed by atoms with Crippen LogP contribution in [0.4, 0.5) is 0 Å². The molecule has 170 valence electrons. The number of carbonyl (C=O) groups is 1. The molecule has 3 rings (SSSR count). The molecule has 0 aliphatic heterocycles. The molecule has 2 atom stereocenters. The van der Waals surface area contributed by atoms with Crippen molar-refractivity contribution >= 4 is 28.2 Å². The summed E-state index contributed by atoms with van der Waals surface area (Å²) in [5.41, 5.74) is 1.86. The SMILES string of the molecule is C[C@H](Cc1ccc(S(=O)(=O)c2ccc(C(=O)O)cc2)cc1)NC[C@@H](O)c1ccccc1.Cl. The van der Waals surface area contributed by atoms with E-state index in [1.807, 2.05) is 37.3 Å². The van der Waals surface area contributed by atoms with E-state index < -0.39 is 21.9 Å². The number of benzene rings is 3. The number of carboxylic acid groups (broad SMARTS) is 1. The van der Waals surface area contributed by atoms with Gasteiger partial charge in [-0.15, -0.1) is 12.4 Å². The molecule has 0 radical (unpaired) electrons. The summed E-state index contributed by atoms with van der Waals surface area (Å²) in [5, 5.41) is 22.5. The highest BCUT2D eigenvalue weighted by molar-refractivity contribution is 7.91. The zero-order chi connectivity index (χ0) is 22.4. The summed E-state index contributed by atoms with van der Waals surface area (Å²) in [6, 6.07) is 21.3. The Bertz CT molecular complexity index is 1120. The van der Waals surface area contributed by atoms with Crippen molar-refractivity contribution in [2.45, 2.75) is 35.3 Å². The molecule has 3 aromatic rings. The minimum Gasteiger partial charge on any atom is -0.478 e. The van der Waals surface area contributed by atoms with Gasteiger partial charge in [0, 0.05) is 12.6 Å². The summed E-state index contributed by atoms with van der Waals surface area (Å²) in [4.78, 5) is 11.1. The van der Waals surface area contributed by atoms with Gasteiger partial charge in [0.2, 0.25) is 9.84 Å². The first kappa shape index (κ1) is 25.5. The van der Waals surface area contributed by atoms with Crippen molar-refractivity contribution in [3.05, 3.63) is 95.6 Å². The fraction of sp³-hybridized carbons (Fsp3) is 0.208. The second-order valence-corrected chi connectivity index (χ2v) is 9.37. The Balaban J connectivity index is 0.00000363. The number of hydrogen-bond acceptors (Lipinski definition) is 5. The molecule has 0 aromatic heterocycles. The van der Waals surface area contributed by atoms with E-state index in [0.29, 0.717) is 13.0 Å². The number of aliphatic hydroxyl groups excluding tert-OH is 1. The number of nitrogens with one attached hydrogen (secondary N) is 1. The van der Waals surface area contributed by atoms with Crippen LogP contribution in [0.3, 0.4) is 0 Å². The highest BCUT2D eigenvalue weighted by atomic mass is 35.5. The third-order valence-corrected chi connectivity index (χ3v) is 6.82. The van der Waals surface area contributed by atoms with E-state index >= 15 is 0 Å². The van der Waals surface area contributed by atoms with E-state index in [1.165, 1.54) is 24.3 Å². The van der Waals surface area contributed by atoms with Crippen LogP contribution < -0.4 is 5.32 Å². The number of halogens is 1. The second kappa shape index (κ2) is 11.2. The van der Waals surface area contributed by atoms with Crippen molar-refractivity contribution in [2.24, 2.45) is 0 Å². The Hall–Kier alpha value is -2.71. The Morgan fingerprint density at radius 3 is 1.97 bits per heavy atom. The number of aromatic carboxylic acids is 1. The maximum absolute atomic E-state index is 12.8. The molecule has 0 saturated heterocycles. The summed E-state index contributed by atoms with van der Waals surface area (Å²) < 4.78 is 25.5. The molecule has 0 amide bonds. The number of rotatable bonds is 9.